The van der Waals surface area contributed by atoms with Crippen LogP contribution in [0.2, 0.25) is 0 Å². The molecule has 0 atom stereocenters. The van der Waals surface area contributed by atoms with Crippen LogP contribution in [0.15, 0.2) is 73.2 Å². The summed E-state index contributed by atoms with van der Waals surface area (Å²) in [6, 6.07) is 13.2. The van der Waals surface area contributed by atoms with Crippen LogP contribution in [0.5, 0.6) is 5.75 Å². The number of fused-ring (bicyclic) bond motifs is 1. The van der Waals surface area contributed by atoms with Crippen molar-refractivity contribution in [2.45, 2.75) is 13.5 Å². The lowest BCUT2D eigenvalue weighted by atomic mass is 10.2. The first-order valence-electron chi connectivity index (χ1n) is 9.85. The number of hydrogen-bond donors (Lipinski definition) is 0. The van der Waals surface area contributed by atoms with Crippen LogP contribution in [-0.4, -0.2) is 19.2 Å². The molecule has 0 saturated carbocycles. The number of halogens is 3. The molecule has 2 aromatic carbocycles. The average Bonchev–Trinajstić information content (AvgIpc) is 3.38. The molecule has 160 valence electrons. The molecule has 0 amide bonds. The molecule has 0 unspecified atom stereocenters. The van der Waals surface area contributed by atoms with Crippen LogP contribution in [0.25, 0.3) is 22.6 Å². The van der Waals surface area contributed by atoms with Crippen molar-refractivity contribution in [2.75, 3.05) is 0 Å². The predicted octanol–water partition coefficient (Wildman–Crippen LogP) is 5.49. The van der Waals surface area contributed by atoms with E-state index in [4.69, 9.17) is 4.74 Å². The van der Waals surface area contributed by atoms with Gasteiger partial charge in [0.25, 0.3) is 0 Å². The Morgan fingerprint density at radius 2 is 1.69 bits per heavy atom. The molecule has 0 aliphatic carbocycles. The fourth-order valence-electron chi connectivity index (χ4n) is 3.62. The van der Waals surface area contributed by atoms with E-state index >= 15 is 0 Å². The highest BCUT2D eigenvalue weighted by molar-refractivity contribution is 5.69. The first-order chi connectivity index (χ1) is 15.5. The molecule has 0 saturated heterocycles. The lowest BCUT2D eigenvalue weighted by molar-refractivity contribution is 0.294. The zero-order valence-electron chi connectivity index (χ0n) is 17.0. The third-order valence-corrected chi connectivity index (χ3v) is 5.17. The van der Waals surface area contributed by atoms with Gasteiger partial charge < -0.3 is 4.74 Å². The second kappa shape index (κ2) is 7.88. The number of nitrogens with zero attached hydrogens (tertiary/aromatic N) is 4. The molecular weight excluding hydrogens is 417 g/mol. The molecule has 0 aliphatic heterocycles. The summed E-state index contributed by atoms with van der Waals surface area (Å²) in [5.41, 5.74) is 3.44. The molecule has 0 fully saturated rings. The van der Waals surface area contributed by atoms with E-state index in [1.54, 1.807) is 35.1 Å². The molecule has 5 nitrogen and oxygen atoms in total. The number of aryl methyl sites for hydroxylation is 1. The molecule has 8 heteroatoms. The lowest BCUT2D eigenvalue weighted by Crippen LogP contribution is -2.03. The van der Waals surface area contributed by atoms with Crippen LogP contribution in [0.4, 0.5) is 13.2 Å². The quantitative estimate of drug-likeness (QED) is 0.367. The number of rotatable bonds is 5. The molecule has 3 heterocycles. The maximum Gasteiger partial charge on any atom is 0.180 e. The highest BCUT2D eigenvalue weighted by Gasteiger charge is 2.17. The van der Waals surface area contributed by atoms with Gasteiger partial charge in [-0.25, -0.2) is 22.8 Å². The first kappa shape index (κ1) is 19.9. The molecule has 3 aromatic heterocycles. The zero-order chi connectivity index (χ0) is 22.2. The summed E-state index contributed by atoms with van der Waals surface area (Å²) >= 11 is 0. The molecule has 32 heavy (non-hydrogen) atoms. The summed E-state index contributed by atoms with van der Waals surface area (Å²) in [6.07, 6.45) is 5.35. The lowest BCUT2D eigenvalue weighted by Gasteiger charge is -2.09. The minimum atomic E-state index is -0.662. The Balaban J connectivity index is 1.50. The van der Waals surface area contributed by atoms with E-state index in [1.807, 2.05) is 23.7 Å². The Labute approximate surface area is 181 Å². The van der Waals surface area contributed by atoms with Crippen molar-refractivity contribution < 1.29 is 17.9 Å². The van der Waals surface area contributed by atoms with Gasteiger partial charge in [0.05, 0.1) is 28.8 Å². The van der Waals surface area contributed by atoms with E-state index < -0.39 is 11.6 Å². The van der Waals surface area contributed by atoms with Crippen molar-refractivity contribution in [1.82, 2.24) is 19.2 Å². The first-order valence-corrected chi connectivity index (χ1v) is 9.85. The average molecular weight is 434 g/mol. The largest absolute Gasteiger partial charge is 0.485 e. The molecule has 0 N–H and O–H groups in total. The fraction of sp³-hybridized carbons (Fsp3) is 0.0833. The Hall–Kier alpha value is -4.07. The smallest absolute Gasteiger partial charge is 0.180 e. The van der Waals surface area contributed by atoms with Crippen molar-refractivity contribution in [2.24, 2.45) is 0 Å². The Morgan fingerprint density at radius 3 is 2.44 bits per heavy atom. The monoisotopic (exact) mass is 434 g/mol. The standard InChI is InChI=1S/C24H17F3N4O/c1-15-23(16-12-28-31(13-16)18-9-7-17(25)8-10-18)30-11-3-6-22(24(30)29-15)32-14-19-20(26)4-2-5-21(19)27/h2-13H,14H2,1H3. The van der Waals surface area contributed by atoms with Crippen LogP contribution >= 0.6 is 0 Å². The van der Waals surface area contributed by atoms with Crippen LogP contribution in [0, 0.1) is 24.4 Å². The van der Waals surface area contributed by atoms with Gasteiger partial charge >= 0.3 is 0 Å². The number of imidazole rings is 1. The van der Waals surface area contributed by atoms with Gasteiger partial charge in [0.2, 0.25) is 0 Å². The Bertz CT molecular complexity index is 1400. The molecule has 0 radical (unpaired) electrons. The van der Waals surface area contributed by atoms with E-state index in [2.05, 4.69) is 10.1 Å². The molecule has 5 aromatic rings. The second-order valence-corrected chi connectivity index (χ2v) is 7.25. The van der Waals surface area contributed by atoms with Crippen LogP contribution in [0.1, 0.15) is 11.3 Å². The Kier molecular flexibility index (Phi) is 4.89. The molecule has 0 aliphatic rings. The summed E-state index contributed by atoms with van der Waals surface area (Å²) in [5, 5.41) is 4.38. The molecule has 5 rings (SSSR count). The van der Waals surface area contributed by atoms with Gasteiger partial charge in [-0.2, -0.15) is 5.10 Å². The highest BCUT2D eigenvalue weighted by atomic mass is 19.1. The van der Waals surface area contributed by atoms with Gasteiger partial charge in [-0.15, -0.1) is 0 Å². The number of ether oxygens (including phenoxy) is 1. The van der Waals surface area contributed by atoms with Crippen molar-refractivity contribution >= 4 is 5.65 Å². The van der Waals surface area contributed by atoms with Gasteiger partial charge in [-0.1, -0.05) is 6.07 Å². The van der Waals surface area contributed by atoms with Gasteiger partial charge in [0.1, 0.15) is 24.1 Å². The van der Waals surface area contributed by atoms with Crippen molar-refractivity contribution in [1.29, 1.82) is 0 Å². The van der Waals surface area contributed by atoms with E-state index in [9.17, 15) is 13.2 Å². The van der Waals surface area contributed by atoms with Crippen LogP contribution in [-0.2, 0) is 6.61 Å². The SMILES string of the molecule is Cc1nc2c(OCc3c(F)cccc3F)cccn2c1-c1cnn(-c2ccc(F)cc2)c1. The third-order valence-electron chi connectivity index (χ3n) is 5.17. The third kappa shape index (κ3) is 3.49. The van der Waals surface area contributed by atoms with Crippen LogP contribution < -0.4 is 4.74 Å². The maximum atomic E-state index is 14.0. The fourth-order valence-corrected chi connectivity index (χ4v) is 3.62. The highest BCUT2D eigenvalue weighted by Crippen LogP contribution is 2.30. The van der Waals surface area contributed by atoms with Gasteiger partial charge in [0.15, 0.2) is 11.4 Å². The van der Waals surface area contributed by atoms with Gasteiger partial charge in [-0.05, 0) is 55.5 Å². The van der Waals surface area contributed by atoms with Gasteiger partial charge in [0, 0.05) is 18.0 Å². The Morgan fingerprint density at radius 1 is 0.938 bits per heavy atom. The summed E-state index contributed by atoms with van der Waals surface area (Å²) in [6.45, 7) is 1.60. The van der Waals surface area contributed by atoms with Crippen molar-refractivity contribution in [3.05, 3.63) is 102 Å². The molecule has 0 spiro atoms. The minimum Gasteiger partial charge on any atom is -0.485 e. The van der Waals surface area contributed by atoms with Crippen molar-refractivity contribution in [3.8, 4) is 22.7 Å². The minimum absolute atomic E-state index is 0.140. The molecular formula is C24H17F3N4O. The van der Waals surface area contributed by atoms with Crippen molar-refractivity contribution in [3.63, 3.8) is 0 Å². The van der Waals surface area contributed by atoms with E-state index in [0.717, 1.165) is 22.6 Å². The maximum absolute atomic E-state index is 14.0. The van der Waals surface area contributed by atoms with E-state index in [0.29, 0.717) is 11.4 Å². The number of benzene rings is 2. The summed E-state index contributed by atoms with van der Waals surface area (Å²) < 4.78 is 50.3. The summed E-state index contributed by atoms with van der Waals surface area (Å²) in [4.78, 5) is 4.60. The zero-order valence-corrected chi connectivity index (χ0v) is 17.0. The van der Waals surface area contributed by atoms with Gasteiger partial charge in [-0.3, -0.25) is 4.40 Å². The summed E-state index contributed by atoms with van der Waals surface area (Å²) in [5.74, 6) is -1.24. The molecule has 0 bridgehead atoms. The summed E-state index contributed by atoms with van der Waals surface area (Å²) in [7, 11) is 0. The van der Waals surface area contributed by atoms with Crippen LogP contribution in [0.3, 0.4) is 0 Å². The predicted molar refractivity (Wildman–Crippen MR) is 113 cm³/mol. The second-order valence-electron chi connectivity index (χ2n) is 7.25. The number of pyridine rings is 1. The van der Waals surface area contributed by atoms with E-state index in [1.165, 1.54) is 30.3 Å². The number of hydrogen-bond acceptors (Lipinski definition) is 3. The van der Waals surface area contributed by atoms with E-state index in [-0.39, 0.29) is 18.0 Å². The number of aromatic nitrogens is 4. The topological polar surface area (TPSA) is 44.4 Å². The normalized spacial score (nSPS) is 11.2.